The Morgan fingerprint density at radius 2 is 2.25 bits per heavy atom. The summed E-state index contributed by atoms with van der Waals surface area (Å²) in [5.41, 5.74) is -0.0527. The molecule has 0 saturated heterocycles. The van der Waals surface area contributed by atoms with E-state index in [2.05, 4.69) is 16.9 Å². The Bertz CT molecular complexity index is 907. The minimum atomic E-state index is -4.44. The van der Waals surface area contributed by atoms with Gasteiger partial charge in [0.15, 0.2) is 18.9 Å². The highest BCUT2D eigenvalue weighted by atomic mass is 19.4. The van der Waals surface area contributed by atoms with Gasteiger partial charge in [-0.05, 0) is 17.7 Å². The van der Waals surface area contributed by atoms with E-state index in [0.29, 0.717) is 11.3 Å². The molecule has 1 aliphatic rings. The van der Waals surface area contributed by atoms with Crippen LogP contribution in [0.15, 0.2) is 43.1 Å². The van der Waals surface area contributed by atoms with E-state index in [-0.39, 0.29) is 25.7 Å². The minimum Gasteiger partial charge on any atom is -0.390 e. The molecule has 0 aliphatic carbocycles. The van der Waals surface area contributed by atoms with Gasteiger partial charge in [-0.1, -0.05) is 23.9 Å². The lowest BCUT2D eigenvalue weighted by atomic mass is 10.1. The predicted octanol–water partition coefficient (Wildman–Crippen LogP) is 1.73. The van der Waals surface area contributed by atoms with E-state index >= 15 is 0 Å². The highest BCUT2D eigenvalue weighted by molar-refractivity contribution is 5.83. The van der Waals surface area contributed by atoms with Crippen molar-refractivity contribution in [1.82, 2.24) is 15.0 Å². The van der Waals surface area contributed by atoms with E-state index in [0.717, 1.165) is 18.2 Å². The fourth-order valence-electron chi connectivity index (χ4n) is 2.89. The number of aliphatic hydroxyl groups is 1. The molecule has 2 atom stereocenters. The number of aromatic nitrogens is 3. The Kier molecular flexibility index (Phi) is 5.71. The van der Waals surface area contributed by atoms with Crippen LogP contribution in [0.5, 0.6) is 0 Å². The predicted molar refractivity (Wildman–Crippen MR) is 91.4 cm³/mol. The van der Waals surface area contributed by atoms with Crippen LogP contribution >= 0.6 is 0 Å². The van der Waals surface area contributed by atoms with Gasteiger partial charge in [-0.15, -0.1) is 5.10 Å². The van der Waals surface area contributed by atoms with Gasteiger partial charge in [0.2, 0.25) is 0 Å². The van der Waals surface area contributed by atoms with E-state index < -0.39 is 23.9 Å². The number of aliphatic hydroxyl groups excluding tert-OH is 1. The van der Waals surface area contributed by atoms with Gasteiger partial charge in [-0.3, -0.25) is 0 Å². The molecule has 7 nitrogen and oxygen atoms in total. The lowest BCUT2D eigenvalue weighted by Gasteiger charge is -2.16. The molecule has 28 heavy (non-hydrogen) atoms. The summed E-state index contributed by atoms with van der Waals surface area (Å²) in [5, 5.41) is 16.9. The van der Waals surface area contributed by atoms with Crippen LogP contribution in [0, 0.1) is 0 Å². The van der Waals surface area contributed by atoms with Crippen LogP contribution in [-0.2, 0) is 28.9 Å². The van der Waals surface area contributed by atoms with Gasteiger partial charge >= 0.3 is 12.1 Å². The summed E-state index contributed by atoms with van der Waals surface area (Å²) in [7, 11) is 0. The second-order valence-corrected chi connectivity index (χ2v) is 6.23. The SMILES string of the molecule is C=CC(=O)[N+]1=C[C@@H](OCc2cccc(C(F)(F)F)c2)[C@H](n2cc(CO)nn2)C1. The summed E-state index contributed by atoms with van der Waals surface area (Å²) in [5.74, 6) is -0.335. The van der Waals surface area contributed by atoms with E-state index in [1.54, 1.807) is 6.21 Å². The van der Waals surface area contributed by atoms with Gasteiger partial charge in [0, 0.05) is 6.08 Å². The first kappa shape index (κ1) is 19.9. The molecule has 3 rings (SSSR count). The quantitative estimate of drug-likeness (QED) is 0.595. The van der Waals surface area contributed by atoms with Crippen LogP contribution < -0.4 is 0 Å². The molecule has 1 amide bonds. The molecule has 1 N–H and O–H groups in total. The molecule has 10 heteroatoms. The maximum absolute atomic E-state index is 12.9. The normalized spacial score (nSPS) is 19.5. The molecule has 148 valence electrons. The fourth-order valence-corrected chi connectivity index (χ4v) is 2.89. The first-order valence-corrected chi connectivity index (χ1v) is 8.39. The third kappa shape index (κ3) is 4.34. The molecule has 0 unspecified atom stereocenters. The molecule has 1 aromatic carbocycles. The largest absolute Gasteiger partial charge is 0.416 e. The number of nitrogens with zero attached hydrogens (tertiary/aromatic N) is 4. The van der Waals surface area contributed by atoms with Crippen molar-refractivity contribution in [3.05, 3.63) is 59.9 Å². The number of carbonyl (C=O) groups is 1. The summed E-state index contributed by atoms with van der Waals surface area (Å²) in [6, 6.07) is 4.42. The third-order valence-electron chi connectivity index (χ3n) is 4.30. The summed E-state index contributed by atoms with van der Waals surface area (Å²) in [4.78, 5) is 11.9. The van der Waals surface area contributed by atoms with Gasteiger partial charge in [-0.25, -0.2) is 9.48 Å². The van der Waals surface area contributed by atoms with Crippen LogP contribution in [0.3, 0.4) is 0 Å². The number of halogens is 3. The van der Waals surface area contributed by atoms with Crippen molar-refractivity contribution in [3.8, 4) is 0 Å². The van der Waals surface area contributed by atoms with E-state index in [1.165, 1.54) is 27.6 Å². The van der Waals surface area contributed by atoms with E-state index in [4.69, 9.17) is 9.84 Å². The standard InChI is InChI=1S/C18H18F3N4O3/c1-2-17(27)24-8-15(25-7-14(10-26)22-23-25)16(9-24)28-11-12-4-3-5-13(6-12)18(19,20)21/h2-7,9,15-16,26H,1,8,10-11H2/q+1/t15-,16-/m1/s1. The molecule has 0 fully saturated rings. The lowest BCUT2D eigenvalue weighted by molar-refractivity contribution is -0.436. The van der Waals surface area contributed by atoms with Crippen molar-refractivity contribution < 1.29 is 32.4 Å². The Morgan fingerprint density at radius 1 is 1.46 bits per heavy atom. The molecular weight excluding hydrogens is 377 g/mol. The maximum Gasteiger partial charge on any atom is 0.416 e. The number of alkyl halides is 3. The third-order valence-corrected chi connectivity index (χ3v) is 4.30. The number of carbonyl (C=O) groups excluding carboxylic acids is 1. The first-order valence-electron chi connectivity index (χ1n) is 8.39. The second kappa shape index (κ2) is 8.03. The highest BCUT2D eigenvalue weighted by Gasteiger charge is 2.39. The van der Waals surface area contributed by atoms with Gasteiger partial charge in [0.05, 0.1) is 25.0 Å². The van der Waals surface area contributed by atoms with Crippen molar-refractivity contribution in [2.75, 3.05) is 6.54 Å². The van der Waals surface area contributed by atoms with Crippen molar-refractivity contribution >= 4 is 12.1 Å². The Labute approximate surface area is 158 Å². The van der Waals surface area contributed by atoms with Gasteiger partial charge in [-0.2, -0.15) is 17.7 Å². The Balaban J connectivity index is 1.79. The zero-order valence-corrected chi connectivity index (χ0v) is 14.7. The number of hydrogen-bond donors (Lipinski definition) is 1. The number of rotatable bonds is 6. The summed E-state index contributed by atoms with van der Waals surface area (Å²) >= 11 is 0. The van der Waals surface area contributed by atoms with Gasteiger partial charge in [0.25, 0.3) is 0 Å². The van der Waals surface area contributed by atoms with Crippen molar-refractivity contribution in [2.45, 2.75) is 31.5 Å². The monoisotopic (exact) mass is 395 g/mol. The van der Waals surface area contributed by atoms with Crippen LogP contribution in [0.4, 0.5) is 13.2 Å². The summed E-state index contributed by atoms with van der Waals surface area (Å²) < 4.78 is 47.3. The number of amides is 1. The van der Waals surface area contributed by atoms with E-state index in [9.17, 15) is 18.0 Å². The minimum absolute atomic E-state index is 0.0841. The number of ether oxygens (including phenoxy) is 1. The molecule has 0 radical (unpaired) electrons. The highest BCUT2D eigenvalue weighted by Crippen LogP contribution is 2.30. The fraction of sp³-hybridized carbons (Fsp3) is 0.333. The van der Waals surface area contributed by atoms with Gasteiger partial charge < -0.3 is 9.84 Å². The van der Waals surface area contributed by atoms with E-state index in [1.807, 2.05) is 0 Å². The number of hydrogen-bond acceptors (Lipinski definition) is 5. The van der Waals surface area contributed by atoms with Crippen LogP contribution in [0.1, 0.15) is 22.9 Å². The molecule has 2 aromatic rings. The Morgan fingerprint density at radius 3 is 2.89 bits per heavy atom. The topological polar surface area (TPSA) is 80.2 Å². The molecule has 1 aliphatic heterocycles. The first-order chi connectivity index (χ1) is 13.3. The molecular formula is C18H18F3N4O3+. The number of benzene rings is 1. The molecule has 0 spiro atoms. The van der Waals surface area contributed by atoms with Crippen LogP contribution in [0.25, 0.3) is 0 Å². The molecule has 0 bridgehead atoms. The lowest BCUT2D eigenvalue weighted by Crippen LogP contribution is -2.27. The van der Waals surface area contributed by atoms with Gasteiger partial charge in [0.1, 0.15) is 11.7 Å². The van der Waals surface area contributed by atoms with Crippen molar-refractivity contribution in [3.63, 3.8) is 0 Å². The van der Waals surface area contributed by atoms with Crippen molar-refractivity contribution in [1.29, 1.82) is 0 Å². The molecule has 0 saturated carbocycles. The second-order valence-electron chi connectivity index (χ2n) is 6.23. The Hall–Kier alpha value is -2.85. The summed E-state index contributed by atoms with van der Waals surface area (Å²) in [6.07, 6.45) is -0.842. The van der Waals surface area contributed by atoms with Crippen molar-refractivity contribution in [2.24, 2.45) is 0 Å². The molecule has 2 heterocycles. The zero-order chi connectivity index (χ0) is 20.3. The van der Waals surface area contributed by atoms with Crippen LogP contribution in [-0.4, -0.2) is 49.4 Å². The molecule has 1 aromatic heterocycles. The average molecular weight is 395 g/mol. The summed E-state index contributed by atoms with van der Waals surface area (Å²) in [6.45, 7) is 3.30. The average Bonchev–Trinajstić information content (AvgIpc) is 3.32. The maximum atomic E-state index is 12.9. The smallest absolute Gasteiger partial charge is 0.390 e. The zero-order valence-electron chi connectivity index (χ0n) is 14.7. The van der Waals surface area contributed by atoms with Crippen LogP contribution in [0.2, 0.25) is 0 Å².